The van der Waals surface area contributed by atoms with Crippen LogP contribution in [0.2, 0.25) is 0 Å². The van der Waals surface area contributed by atoms with Crippen LogP contribution in [0, 0.1) is 0 Å². The molecule has 5 nitrogen and oxygen atoms in total. The zero-order chi connectivity index (χ0) is 20.1. The van der Waals surface area contributed by atoms with Crippen molar-refractivity contribution in [1.29, 1.82) is 0 Å². The summed E-state index contributed by atoms with van der Waals surface area (Å²) >= 11 is 0. The molecular weight excluding hydrogens is 354 g/mol. The fourth-order valence-corrected chi connectivity index (χ4v) is 3.42. The molecule has 28 heavy (non-hydrogen) atoms. The first kappa shape index (κ1) is 19.7. The molecule has 1 heterocycles. The lowest BCUT2D eigenvalue weighted by Gasteiger charge is -2.31. The van der Waals surface area contributed by atoms with Crippen LogP contribution in [-0.4, -0.2) is 42.9 Å². The van der Waals surface area contributed by atoms with Crippen molar-refractivity contribution < 1.29 is 19.1 Å². The molecule has 1 saturated heterocycles. The molecule has 0 saturated carbocycles. The minimum absolute atomic E-state index is 0.00147. The smallest absolute Gasteiger partial charge is 0.245 e. The van der Waals surface area contributed by atoms with Crippen LogP contribution in [0.4, 0.5) is 0 Å². The third-order valence-electron chi connectivity index (χ3n) is 4.96. The molecule has 0 bridgehead atoms. The number of methoxy groups -OCH3 is 1. The Morgan fingerprint density at radius 2 is 1.86 bits per heavy atom. The first-order valence-electron chi connectivity index (χ1n) is 9.39. The van der Waals surface area contributed by atoms with Gasteiger partial charge in [-0.1, -0.05) is 24.8 Å². The molecule has 3 rings (SSSR count). The quantitative estimate of drug-likeness (QED) is 0.560. The van der Waals surface area contributed by atoms with E-state index in [9.17, 15) is 9.59 Å². The van der Waals surface area contributed by atoms with Gasteiger partial charge in [-0.25, -0.2) is 0 Å². The zero-order valence-corrected chi connectivity index (χ0v) is 16.3. The molecule has 1 amide bonds. The summed E-state index contributed by atoms with van der Waals surface area (Å²) in [5.74, 6) is 1.33. The van der Waals surface area contributed by atoms with Gasteiger partial charge < -0.3 is 14.4 Å². The SMILES string of the molecule is C=CC(=O)N1CCC(Oc2cc(C(C)=O)cc(-c3ccccc3OC)c2)CC1. The van der Waals surface area contributed by atoms with E-state index in [1.807, 2.05) is 36.4 Å². The summed E-state index contributed by atoms with van der Waals surface area (Å²) in [7, 11) is 1.63. The predicted octanol–water partition coefficient (Wildman–Crippen LogP) is 4.12. The number of rotatable bonds is 6. The minimum Gasteiger partial charge on any atom is -0.496 e. The summed E-state index contributed by atoms with van der Waals surface area (Å²) in [4.78, 5) is 25.5. The fourth-order valence-electron chi connectivity index (χ4n) is 3.42. The van der Waals surface area contributed by atoms with Crippen LogP contribution in [0.1, 0.15) is 30.1 Å². The molecule has 1 aliphatic heterocycles. The first-order chi connectivity index (χ1) is 13.5. The van der Waals surface area contributed by atoms with Gasteiger partial charge in [0.15, 0.2) is 5.78 Å². The van der Waals surface area contributed by atoms with Crippen molar-refractivity contribution in [2.45, 2.75) is 25.9 Å². The molecule has 0 spiro atoms. The molecule has 1 fully saturated rings. The van der Waals surface area contributed by atoms with Crippen LogP contribution in [0.25, 0.3) is 11.1 Å². The second kappa shape index (κ2) is 8.74. The van der Waals surface area contributed by atoms with Gasteiger partial charge in [0, 0.05) is 37.1 Å². The molecule has 0 unspecified atom stereocenters. The van der Waals surface area contributed by atoms with Gasteiger partial charge in [0.05, 0.1) is 7.11 Å². The van der Waals surface area contributed by atoms with Crippen LogP contribution in [-0.2, 0) is 4.79 Å². The molecular formula is C23H25NO4. The molecule has 2 aromatic rings. The Bertz CT molecular complexity index is 882. The third-order valence-corrected chi connectivity index (χ3v) is 4.96. The number of piperidine rings is 1. The Morgan fingerprint density at radius 1 is 1.14 bits per heavy atom. The molecule has 1 aliphatic rings. The molecule has 0 atom stereocenters. The predicted molar refractivity (Wildman–Crippen MR) is 109 cm³/mol. The summed E-state index contributed by atoms with van der Waals surface area (Å²) in [5, 5.41) is 0. The Balaban J connectivity index is 1.84. The van der Waals surface area contributed by atoms with Gasteiger partial charge in [0.1, 0.15) is 17.6 Å². The van der Waals surface area contributed by atoms with Crippen molar-refractivity contribution in [2.75, 3.05) is 20.2 Å². The number of ketones is 1. The number of amides is 1. The van der Waals surface area contributed by atoms with Crippen LogP contribution < -0.4 is 9.47 Å². The Morgan fingerprint density at radius 3 is 2.50 bits per heavy atom. The summed E-state index contributed by atoms with van der Waals surface area (Å²) in [6.45, 7) is 6.36. The maximum atomic E-state index is 12.0. The van der Waals surface area contributed by atoms with E-state index in [1.165, 1.54) is 6.08 Å². The van der Waals surface area contributed by atoms with E-state index in [-0.39, 0.29) is 17.8 Å². The van der Waals surface area contributed by atoms with Gasteiger partial charge in [0.2, 0.25) is 5.91 Å². The van der Waals surface area contributed by atoms with Gasteiger partial charge in [-0.3, -0.25) is 9.59 Å². The van der Waals surface area contributed by atoms with E-state index >= 15 is 0 Å². The molecule has 0 N–H and O–H groups in total. The van der Waals surface area contributed by atoms with E-state index in [0.717, 1.165) is 29.7 Å². The highest BCUT2D eigenvalue weighted by atomic mass is 16.5. The van der Waals surface area contributed by atoms with Crippen molar-refractivity contribution in [1.82, 2.24) is 4.90 Å². The van der Waals surface area contributed by atoms with Crippen LogP contribution in [0.15, 0.2) is 55.1 Å². The Labute approximate surface area is 165 Å². The number of hydrogen-bond donors (Lipinski definition) is 0. The molecule has 0 radical (unpaired) electrons. The van der Waals surface area contributed by atoms with Crippen molar-refractivity contribution >= 4 is 11.7 Å². The van der Waals surface area contributed by atoms with Gasteiger partial charge in [-0.05, 0) is 42.8 Å². The number of carbonyl (C=O) groups excluding carboxylic acids is 2. The number of benzene rings is 2. The number of carbonyl (C=O) groups is 2. The highest BCUT2D eigenvalue weighted by Crippen LogP contribution is 2.33. The van der Waals surface area contributed by atoms with Gasteiger partial charge in [0.25, 0.3) is 0 Å². The number of para-hydroxylation sites is 1. The number of nitrogens with zero attached hydrogens (tertiary/aromatic N) is 1. The summed E-state index contributed by atoms with van der Waals surface area (Å²) in [5.41, 5.74) is 2.38. The lowest BCUT2D eigenvalue weighted by atomic mass is 10.00. The van der Waals surface area contributed by atoms with Crippen LogP contribution >= 0.6 is 0 Å². The summed E-state index contributed by atoms with van der Waals surface area (Å²) in [6.07, 6.45) is 2.83. The molecule has 0 aliphatic carbocycles. The van der Waals surface area contributed by atoms with Crippen LogP contribution in [0.5, 0.6) is 11.5 Å². The van der Waals surface area contributed by atoms with Crippen LogP contribution in [0.3, 0.4) is 0 Å². The average molecular weight is 379 g/mol. The van der Waals surface area contributed by atoms with E-state index < -0.39 is 0 Å². The largest absolute Gasteiger partial charge is 0.496 e. The van der Waals surface area contributed by atoms with Gasteiger partial charge >= 0.3 is 0 Å². The molecule has 5 heteroatoms. The molecule has 2 aromatic carbocycles. The van der Waals surface area contributed by atoms with Gasteiger partial charge in [-0.15, -0.1) is 0 Å². The number of likely N-dealkylation sites (tertiary alicyclic amines) is 1. The lowest BCUT2D eigenvalue weighted by molar-refractivity contribution is -0.127. The fraction of sp³-hybridized carbons (Fsp3) is 0.304. The van der Waals surface area contributed by atoms with Crippen molar-refractivity contribution in [3.8, 4) is 22.6 Å². The van der Waals surface area contributed by atoms with Gasteiger partial charge in [-0.2, -0.15) is 0 Å². The average Bonchev–Trinajstić information content (AvgIpc) is 2.73. The number of ether oxygens (including phenoxy) is 2. The normalized spacial score (nSPS) is 14.4. The maximum absolute atomic E-state index is 12.0. The van der Waals surface area contributed by atoms with Crippen molar-refractivity contribution in [2.24, 2.45) is 0 Å². The second-order valence-electron chi connectivity index (χ2n) is 6.85. The second-order valence-corrected chi connectivity index (χ2v) is 6.85. The Kier molecular flexibility index (Phi) is 6.14. The standard InChI is InChI=1S/C23H25NO4/c1-4-23(26)24-11-9-19(10-12-24)28-20-14-17(16(2)25)13-18(15-20)21-7-5-6-8-22(21)27-3/h4-8,13-15,19H,1,9-12H2,2-3H3. The molecule has 146 valence electrons. The van der Waals surface area contributed by atoms with E-state index in [0.29, 0.717) is 24.4 Å². The number of Topliss-reactive ketones (excluding diaryl/α,β-unsaturated/α-hetero) is 1. The highest BCUT2D eigenvalue weighted by molar-refractivity contribution is 5.96. The third kappa shape index (κ3) is 4.42. The van der Waals surface area contributed by atoms with Crippen molar-refractivity contribution in [3.63, 3.8) is 0 Å². The summed E-state index contributed by atoms with van der Waals surface area (Å²) < 4.78 is 11.7. The van der Waals surface area contributed by atoms with E-state index in [1.54, 1.807) is 25.0 Å². The first-order valence-corrected chi connectivity index (χ1v) is 9.39. The minimum atomic E-state index is -0.0458. The maximum Gasteiger partial charge on any atom is 0.245 e. The highest BCUT2D eigenvalue weighted by Gasteiger charge is 2.23. The zero-order valence-electron chi connectivity index (χ0n) is 16.3. The molecule has 0 aromatic heterocycles. The monoisotopic (exact) mass is 379 g/mol. The van der Waals surface area contributed by atoms with E-state index in [2.05, 4.69) is 6.58 Å². The Hall–Kier alpha value is -3.08. The number of hydrogen-bond acceptors (Lipinski definition) is 4. The van der Waals surface area contributed by atoms with Crippen molar-refractivity contribution in [3.05, 3.63) is 60.7 Å². The van der Waals surface area contributed by atoms with E-state index in [4.69, 9.17) is 9.47 Å². The summed E-state index contributed by atoms with van der Waals surface area (Å²) in [6, 6.07) is 13.3. The topological polar surface area (TPSA) is 55.8 Å². The lowest BCUT2D eigenvalue weighted by Crippen LogP contribution is -2.41.